The van der Waals surface area contributed by atoms with Gasteiger partial charge in [0.15, 0.2) is 11.5 Å². The fourth-order valence-corrected chi connectivity index (χ4v) is 2.76. The van der Waals surface area contributed by atoms with E-state index in [1.807, 2.05) is 26.8 Å². The van der Waals surface area contributed by atoms with Gasteiger partial charge < -0.3 is 5.32 Å². The van der Waals surface area contributed by atoms with Crippen LogP contribution in [0.1, 0.15) is 29.9 Å². The minimum atomic E-state index is -0.453. The van der Waals surface area contributed by atoms with E-state index in [9.17, 15) is 4.79 Å². The summed E-state index contributed by atoms with van der Waals surface area (Å²) in [7, 11) is 0. The van der Waals surface area contributed by atoms with Crippen LogP contribution in [0.5, 0.6) is 0 Å². The fraction of sp³-hybridized carbons (Fsp3) is 0.333. The SMILES string of the molecule is Cc1cc(C)c2c(NC(=O)[C@H](C)n3cc(Br)c(C)n3)n[nH]c2n1. The van der Waals surface area contributed by atoms with Gasteiger partial charge in [0.25, 0.3) is 0 Å². The first-order valence-electron chi connectivity index (χ1n) is 7.21. The molecular formula is C15H17BrN6O. The highest BCUT2D eigenvalue weighted by Crippen LogP contribution is 2.24. The minimum Gasteiger partial charge on any atom is -0.307 e. The lowest BCUT2D eigenvalue weighted by Crippen LogP contribution is -2.24. The Labute approximate surface area is 141 Å². The molecule has 0 unspecified atom stereocenters. The Hall–Kier alpha value is -2.22. The molecule has 0 saturated heterocycles. The third-order valence-electron chi connectivity index (χ3n) is 3.73. The summed E-state index contributed by atoms with van der Waals surface area (Å²) in [6.45, 7) is 7.56. The first-order chi connectivity index (χ1) is 10.9. The van der Waals surface area contributed by atoms with Crippen molar-refractivity contribution in [2.75, 3.05) is 5.32 Å². The van der Waals surface area contributed by atoms with Gasteiger partial charge in [0.2, 0.25) is 5.91 Å². The number of amides is 1. The normalized spacial score (nSPS) is 12.6. The number of nitrogens with zero attached hydrogens (tertiary/aromatic N) is 4. The van der Waals surface area contributed by atoms with Crippen molar-refractivity contribution in [1.29, 1.82) is 0 Å². The molecule has 3 heterocycles. The lowest BCUT2D eigenvalue weighted by Gasteiger charge is -2.11. The zero-order chi connectivity index (χ0) is 16.7. The third kappa shape index (κ3) is 2.86. The van der Waals surface area contributed by atoms with Crippen LogP contribution in [0, 0.1) is 20.8 Å². The zero-order valence-corrected chi connectivity index (χ0v) is 14.9. The second-order valence-corrected chi connectivity index (χ2v) is 6.44. The summed E-state index contributed by atoms with van der Waals surface area (Å²) in [5.74, 6) is 0.304. The Morgan fingerprint density at radius 3 is 2.78 bits per heavy atom. The molecule has 3 aromatic heterocycles. The van der Waals surface area contributed by atoms with Gasteiger partial charge in [-0.3, -0.25) is 14.6 Å². The summed E-state index contributed by atoms with van der Waals surface area (Å²) >= 11 is 3.40. The van der Waals surface area contributed by atoms with Crippen LogP contribution in [-0.2, 0) is 4.79 Å². The number of nitrogens with one attached hydrogen (secondary N) is 2. The number of aromatic amines is 1. The molecule has 0 aliphatic heterocycles. The molecule has 0 aliphatic carbocycles. The summed E-state index contributed by atoms with van der Waals surface area (Å²) in [6.07, 6.45) is 1.79. The molecule has 0 bridgehead atoms. The van der Waals surface area contributed by atoms with E-state index in [0.717, 1.165) is 26.8 Å². The predicted molar refractivity (Wildman–Crippen MR) is 91.4 cm³/mol. The maximum Gasteiger partial charge on any atom is 0.250 e. The van der Waals surface area contributed by atoms with E-state index in [2.05, 4.69) is 41.5 Å². The molecule has 8 heteroatoms. The first-order valence-corrected chi connectivity index (χ1v) is 8.00. The van der Waals surface area contributed by atoms with Crippen molar-refractivity contribution in [3.05, 3.63) is 33.7 Å². The van der Waals surface area contributed by atoms with Gasteiger partial charge >= 0.3 is 0 Å². The topological polar surface area (TPSA) is 88.5 Å². The molecule has 3 rings (SSSR count). The summed E-state index contributed by atoms with van der Waals surface area (Å²) in [4.78, 5) is 16.9. The standard InChI is InChI=1S/C15H17BrN6O/c1-7-5-8(2)17-13-12(7)14(20-19-13)18-15(23)10(4)22-6-11(16)9(3)21-22/h5-6,10H,1-4H3,(H2,17,18,19,20,23)/t10-/m0/s1. The molecule has 3 aromatic rings. The summed E-state index contributed by atoms with van der Waals surface area (Å²) in [5, 5.41) is 15.0. The van der Waals surface area contributed by atoms with Crippen molar-refractivity contribution in [3.8, 4) is 0 Å². The Bertz CT molecular complexity index is 877. The van der Waals surface area contributed by atoms with Crippen molar-refractivity contribution in [3.63, 3.8) is 0 Å². The van der Waals surface area contributed by atoms with Crippen molar-refractivity contribution in [2.45, 2.75) is 33.7 Å². The van der Waals surface area contributed by atoms with Crippen LogP contribution in [0.2, 0.25) is 0 Å². The molecule has 1 amide bonds. The highest BCUT2D eigenvalue weighted by molar-refractivity contribution is 9.10. The van der Waals surface area contributed by atoms with E-state index in [1.165, 1.54) is 0 Å². The van der Waals surface area contributed by atoms with Crippen LogP contribution in [0.3, 0.4) is 0 Å². The fourth-order valence-electron chi connectivity index (χ4n) is 2.47. The number of fused-ring (bicyclic) bond motifs is 1. The molecule has 0 spiro atoms. The number of carbonyl (C=O) groups excluding carboxylic acids is 1. The average molecular weight is 377 g/mol. The van der Waals surface area contributed by atoms with E-state index in [-0.39, 0.29) is 5.91 Å². The van der Waals surface area contributed by atoms with E-state index >= 15 is 0 Å². The maximum absolute atomic E-state index is 12.5. The molecule has 7 nitrogen and oxygen atoms in total. The van der Waals surface area contributed by atoms with Gasteiger partial charge in [-0.05, 0) is 55.3 Å². The van der Waals surface area contributed by atoms with Gasteiger partial charge in [-0.15, -0.1) is 0 Å². The van der Waals surface area contributed by atoms with E-state index in [1.54, 1.807) is 17.8 Å². The highest BCUT2D eigenvalue weighted by Gasteiger charge is 2.20. The van der Waals surface area contributed by atoms with E-state index in [4.69, 9.17) is 0 Å². The summed E-state index contributed by atoms with van der Waals surface area (Å²) < 4.78 is 2.50. The van der Waals surface area contributed by atoms with Crippen LogP contribution in [-0.4, -0.2) is 30.9 Å². The lowest BCUT2D eigenvalue weighted by atomic mass is 10.2. The number of halogens is 1. The lowest BCUT2D eigenvalue weighted by molar-refractivity contribution is -0.119. The van der Waals surface area contributed by atoms with Crippen molar-refractivity contribution in [2.24, 2.45) is 0 Å². The van der Waals surface area contributed by atoms with Crippen molar-refractivity contribution >= 4 is 38.7 Å². The Kier molecular flexibility index (Phi) is 3.93. The van der Waals surface area contributed by atoms with Crippen LogP contribution in [0.15, 0.2) is 16.7 Å². The smallest absolute Gasteiger partial charge is 0.250 e. The van der Waals surface area contributed by atoms with Crippen LogP contribution in [0.25, 0.3) is 11.0 Å². The number of pyridine rings is 1. The van der Waals surface area contributed by atoms with Gasteiger partial charge in [-0.25, -0.2) is 4.98 Å². The highest BCUT2D eigenvalue weighted by atomic mass is 79.9. The second kappa shape index (κ2) is 5.77. The second-order valence-electron chi connectivity index (χ2n) is 5.58. The molecule has 23 heavy (non-hydrogen) atoms. The molecule has 2 N–H and O–H groups in total. The monoisotopic (exact) mass is 376 g/mol. The third-order valence-corrected chi connectivity index (χ3v) is 4.51. The number of carbonyl (C=O) groups is 1. The molecule has 120 valence electrons. The van der Waals surface area contributed by atoms with Gasteiger partial charge in [0.05, 0.1) is 15.6 Å². The number of hydrogen-bond acceptors (Lipinski definition) is 4. The molecule has 0 aromatic carbocycles. The van der Waals surface area contributed by atoms with E-state index < -0.39 is 6.04 Å². The van der Waals surface area contributed by atoms with Crippen LogP contribution < -0.4 is 5.32 Å². The molecule has 1 atom stereocenters. The van der Waals surface area contributed by atoms with Gasteiger partial charge in [0.1, 0.15) is 6.04 Å². The molecule has 0 radical (unpaired) electrons. The number of hydrogen-bond donors (Lipinski definition) is 2. The van der Waals surface area contributed by atoms with Gasteiger partial charge in [0, 0.05) is 11.9 Å². The number of H-pyrrole nitrogens is 1. The Morgan fingerprint density at radius 2 is 2.13 bits per heavy atom. The minimum absolute atomic E-state index is 0.187. The maximum atomic E-state index is 12.5. The number of aromatic nitrogens is 5. The first kappa shape index (κ1) is 15.7. The molecule has 0 saturated carbocycles. The number of anilines is 1. The molecule has 0 fully saturated rings. The summed E-state index contributed by atoms with van der Waals surface area (Å²) in [5.41, 5.74) is 3.43. The largest absolute Gasteiger partial charge is 0.307 e. The zero-order valence-electron chi connectivity index (χ0n) is 13.3. The van der Waals surface area contributed by atoms with Gasteiger partial charge in [-0.2, -0.15) is 10.2 Å². The Morgan fingerprint density at radius 1 is 1.39 bits per heavy atom. The number of aryl methyl sites for hydroxylation is 3. The van der Waals surface area contributed by atoms with Crippen molar-refractivity contribution in [1.82, 2.24) is 25.0 Å². The van der Waals surface area contributed by atoms with Crippen LogP contribution >= 0.6 is 15.9 Å². The Balaban J connectivity index is 1.88. The molecule has 0 aliphatic rings. The van der Waals surface area contributed by atoms with E-state index in [0.29, 0.717) is 11.5 Å². The van der Waals surface area contributed by atoms with Crippen LogP contribution in [0.4, 0.5) is 5.82 Å². The molecular weight excluding hydrogens is 360 g/mol. The number of rotatable bonds is 3. The average Bonchev–Trinajstić information content (AvgIpc) is 3.02. The summed E-state index contributed by atoms with van der Waals surface area (Å²) in [6, 6.07) is 1.51. The quantitative estimate of drug-likeness (QED) is 0.734. The van der Waals surface area contributed by atoms with Crippen molar-refractivity contribution < 1.29 is 4.79 Å². The van der Waals surface area contributed by atoms with Gasteiger partial charge in [-0.1, -0.05) is 0 Å². The predicted octanol–water partition coefficient (Wildman–Crippen LogP) is 3.04.